The van der Waals surface area contributed by atoms with Gasteiger partial charge in [-0.3, -0.25) is 9.59 Å². The summed E-state index contributed by atoms with van der Waals surface area (Å²) in [6.07, 6.45) is 7.02. The largest absolute Gasteiger partial charge is 0.353 e. The van der Waals surface area contributed by atoms with Crippen LogP contribution in [0.2, 0.25) is 0 Å². The maximum Gasteiger partial charge on any atom is 0.226 e. The fourth-order valence-electron chi connectivity index (χ4n) is 4.33. The Labute approximate surface area is 143 Å². The third kappa shape index (κ3) is 2.83. The van der Waals surface area contributed by atoms with Crippen molar-refractivity contribution in [2.45, 2.75) is 56.4 Å². The number of aryl methyl sites for hydroxylation is 1. The molecule has 4 nitrogen and oxygen atoms in total. The Balaban J connectivity index is 1.37. The van der Waals surface area contributed by atoms with Crippen LogP contribution in [0.3, 0.4) is 0 Å². The van der Waals surface area contributed by atoms with Crippen molar-refractivity contribution in [2.24, 2.45) is 5.92 Å². The van der Waals surface area contributed by atoms with Crippen LogP contribution < -0.4 is 5.32 Å². The third-order valence-electron chi connectivity index (χ3n) is 5.99. The molecule has 1 spiro atoms. The molecular formula is C20H26N2O2. The number of hydrogen-bond acceptors (Lipinski definition) is 2. The molecule has 0 heterocycles. The zero-order chi connectivity index (χ0) is 16.7. The van der Waals surface area contributed by atoms with E-state index in [0.717, 1.165) is 32.1 Å². The van der Waals surface area contributed by atoms with Gasteiger partial charge >= 0.3 is 0 Å². The fourth-order valence-corrected chi connectivity index (χ4v) is 4.33. The molecule has 1 aromatic rings. The normalized spacial score (nSPS) is 27.5. The van der Waals surface area contributed by atoms with Crippen molar-refractivity contribution in [1.82, 2.24) is 10.2 Å². The Hall–Kier alpha value is -1.84. The van der Waals surface area contributed by atoms with E-state index < -0.39 is 0 Å². The Kier molecular flexibility index (Phi) is 3.86. The number of fused-ring (bicyclic) bond motifs is 2. The highest BCUT2D eigenvalue weighted by atomic mass is 16.2. The van der Waals surface area contributed by atoms with Crippen LogP contribution in [-0.2, 0) is 21.4 Å². The van der Waals surface area contributed by atoms with E-state index in [2.05, 4.69) is 29.6 Å². The van der Waals surface area contributed by atoms with Crippen molar-refractivity contribution in [3.63, 3.8) is 0 Å². The lowest BCUT2D eigenvalue weighted by molar-refractivity contribution is -0.132. The summed E-state index contributed by atoms with van der Waals surface area (Å²) in [6.45, 7) is 0.519. The van der Waals surface area contributed by atoms with Gasteiger partial charge in [0.05, 0.1) is 0 Å². The SMILES string of the molecule is CN(CCC(=O)NC1CC1)C(=O)[C@H]1C[C@@]12CCCc1ccccc12. The maximum absolute atomic E-state index is 12.8. The van der Waals surface area contributed by atoms with Crippen LogP contribution in [0.4, 0.5) is 0 Å². The number of amides is 2. The lowest BCUT2D eigenvalue weighted by atomic mass is 9.78. The summed E-state index contributed by atoms with van der Waals surface area (Å²) in [6, 6.07) is 9.01. The van der Waals surface area contributed by atoms with Crippen LogP contribution >= 0.6 is 0 Å². The van der Waals surface area contributed by atoms with Crippen LogP contribution in [-0.4, -0.2) is 36.3 Å². The summed E-state index contributed by atoms with van der Waals surface area (Å²) in [5.41, 5.74) is 2.90. The van der Waals surface area contributed by atoms with Crippen LogP contribution in [0.1, 0.15) is 49.7 Å². The number of carbonyl (C=O) groups excluding carboxylic acids is 2. The molecule has 3 aliphatic rings. The van der Waals surface area contributed by atoms with Gasteiger partial charge in [-0.1, -0.05) is 24.3 Å². The molecule has 0 unspecified atom stereocenters. The summed E-state index contributed by atoms with van der Waals surface area (Å²) < 4.78 is 0. The minimum atomic E-state index is 0.0747. The first-order chi connectivity index (χ1) is 11.6. The molecule has 4 heteroatoms. The zero-order valence-electron chi connectivity index (χ0n) is 14.4. The minimum Gasteiger partial charge on any atom is -0.353 e. The van der Waals surface area contributed by atoms with Gasteiger partial charge in [0, 0.05) is 37.4 Å². The number of benzene rings is 1. The Morgan fingerprint density at radius 3 is 2.88 bits per heavy atom. The summed E-state index contributed by atoms with van der Waals surface area (Å²) in [5.74, 6) is 0.395. The second kappa shape index (κ2) is 5.91. The summed E-state index contributed by atoms with van der Waals surface area (Å²) in [7, 11) is 1.84. The Morgan fingerprint density at radius 1 is 1.29 bits per heavy atom. The minimum absolute atomic E-state index is 0.0747. The highest BCUT2D eigenvalue weighted by molar-refractivity contribution is 5.85. The van der Waals surface area contributed by atoms with E-state index in [1.54, 1.807) is 4.90 Å². The maximum atomic E-state index is 12.8. The molecule has 0 radical (unpaired) electrons. The first-order valence-electron chi connectivity index (χ1n) is 9.23. The van der Waals surface area contributed by atoms with Gasteiger partial charge in [-0.2, -0.15) is 0 Å². The summed E-state index contributed by atoms with van der Waals surface area (Å²) in [5, 5.41) is 2.99. The number of carbonyl (C=O) groups is 2. The van der Waals surface area contributed by atoms with Gasteiger partial charge in [-0.25, -0.2) is 0 Å². The van der Waals surface area contributed by atoms with Crippen molar-refractivity contribution in [2.75, 3.05) is 13.6 Å². The quantitative estimate of drug-likeness (QED) is 0.903. The summed E-state index contributed by atoms with van der Waals surface area (Å²) >= 11 is 0. The van der Waals surface area contributed by atoms with Gasteiger partial charge in [0.2, 0.25) is 11.8 Å². The first-order valence-corrected chi connectivity index (χ1v) is 9.23. The van der Waals surface area contributed by atoms with Crippen LogP contribution in [0.15, 0.2) is 24.3 Å². The highest BCUT2D eigenvalue weighted by Gasteiger charge is 2.60. The Bertz CT molecular complexity index is 667. The Morgan fingerprint density at radius 2 is 2.08 bits per heavy atom. The van der Waals surface area contributed by atoms with Gasteiger partial charge < -0.3 is 10.2 Å². The van der Waals surface area contributed by atoms with Crippen LogP contribution in [0.25, 0.3) is 0 Å². The van der Waals surface area contributed by atoms with Crippen LogP contribution in [0.5, 0.6) is 0 Å². The predicted octanol–water partition coefficient (Wildman–Crippen LogP) is 2.41. The highest BCUT2D eigenvalue weighted by Crippen LogP contribution is 2.60. The predicted molar refractivity (Wildman–Crippen MR) is 92.6 cm³/mol. The standard InChI is InChI=1S/C20H26N2O2/c1-22(12-10-18(23)21-15-8-9-15)19(24)17-13-20(17)11-4-6-14-5-2-3-7-16(14)20/h2-3,5,7,15,17H,4,6,8-13H2,1H3,(H,21,23)/t17-,20-/m1/s1. The van der Waals surface area contributed by atoms with E-state index in [-0.39, 0.29) is 23.1 Å². The number of nitrogens with one attached hydrogen (secondary N) is 1. The lowest BCUT2D eigenvalue weighted by Crippen LogP contribution is -2.35. The first kappa shape index (κ1) is 15.7. The van der Waals surface area contributed by atoms with Crippen molar-refractivity contribution < 1.29 is 9.59 Å². The van der Waals surface area contributed by atoms with E-state index >= 15 is 0 Å². The van der Waals surface area contributed by atoms with Gasteiger partial charge in [-0.05, 0) is 49.7 Å². The van der Waals surface area contributed by atoms with E-state index in [9.17, 15) is 9.59 Å². The smallest absolute Gasteiger partial charge is 0.226 e. The monoisotopic (exact) mass is 326 g/mol. The van der Waals surface area contributed by atoms with Gasteiger partial charge in [0.25, 0.3) is 0 Å². The van der Waals surface area contributed by atoms with E-state index in [4.69, 9.17) is 0 Å². The average molecular weight is 326 g/mol. The molecule has 2 amide bonds. The van der Waals surface area contributed by atoms with E-state index in [0.29, 0.717) is 19.0 Å². The molecule has 2 atom stereocenters. The van der Waals surface area contributed by atoms with Crippen molar-refractivity contribution >= 4 is 11.8 Å². The third-order valence-corrected chi connectivity index (χ3v) is 5.99. The molecular weight excluding hydrogens is 300 g/mol. The molecule has 24 heavy (non-hydrogen) atoms. The molecule has 0 bridgehead atoms. The molecule has 1 N–H and O–H groups in total. The zero-order valence-corrected chi connectivity index (χ0v) is 14.4. The second-order valence-corrected chi connectivity index (χ2v) is 7.78. The van der Waals surface area contributed by atoms with Crippen LogP contribution in [0, 0.1) is 5.92 Å². The average Bonchev–Trinajstić information content (AvgIpc) is 3.50. The molecule has 0 aromatic heterocycles. The van der Waals surface area contributed by atoms with Gasteiger partial charge in [0.1, 0.15) is 0 Å². The van der Waals surface area contributed by atoms with Gasteiger partial charge in [-0.15, -0.1) is 0 Å². The van der Waals surface area contributed by atoms with E-state index in [1.165, 1.54) is 17.5 Å². The molecule has 0 saturated heterocycles. The van der Waals surface area contributed by atoms with Crippen molar-refractivity contribution in [3.05, 3.63) is 35.4 Å². The molecule has 3 aliphatic carbocycles. The summed E-state index contributed by atoms with van der Waals surface area (Å²) in [4.78, 5) is 26.4. The number of rotatable bonds is 5. The molecule has 4 rings (SSSR count). The molecule has 0 aliphatic heterocycles. The molecule has 1 aromatic carbocycles. The fraction of sp³-hybridized carbons (Fsp3) is 0.600. The topological polar surface area (TPSA) is 49.4 Å². The van der Waals surface area contributed by atoms with Gasteiger partial charge in [0.15, 0.2) is 0 Å². The lowest BCUT2D eigenvalue weighted by Gasteiger charge is -2.27. The molecule has 128 valence electrons. The molecule has 2 fully saturated rings. The van der Waals surface area contributed by atoms with Crippen molar-refractivity contribution in [1.29, 1.82) is 0 Å². The number of nitrogens with zero attached hydrogens (tertiary/aromatic N) is 1. The van der Waals surface area contributed by atoms with E-state index in [1.807, 2.05) is 7.05 Å². The molecule has 2 saturated carbocycles. The number of hydrogen-bond donors (Lipinski definition) is 1. The van der Waals surface area contributed by atoms with Crippen molar-refractivity contribution in [3.8, 4) is 0 Å². The second-order valence-electron chi connectivity index (χ2n) is 7.78.